The van der Waals surface area contributed by atoms with Crippen LogP contribution in [-0.4, -0.2) is 22.0 Å². The molecule has 1 amide bonds. The highest BCUT2D eigenvalue weighted by Gasteiger charge is 2.40. The van der Waals surface area contributed by atoms with E-state index in [1.54, 1.807) is 12.1 Å². The van der Waals surface area contributed by atoms with E-state index in [9.17, 15) is 14.7 Å². The second-order valence-electron chi connectivity index (χ2n) is 5.56. The molecule has 1 saturated carbocycles. The number of rotatable bonds is 4. The molecule has 1 aliphatic rings. The van der Waals surface area contributed by atoms with Crippen molar-refractivity contribution < 1.29 is 14.7 Å². The van der Waals surface area contributed by atoms with Crippen LogP contribution in [0.15, 0.2) is 18.3 Å². The van der Waals surface area contributed by atoms with Gasteiger partial charge >= 0.3 is 5.97 Å². The monoisotopic (exact) mass is 310 g/mol. The molecule has 2 rings (SSSR count). The summed E-state index contributed by atoms with van der Waals surface area (Å²) in [6.45, 7) is 0. The predicted octanol–water partition coefficient (Wildman–Crippen LogP) is 3.49. The van der Waals surface area contributed by atoms with Crippen molar-refractivity contribution in [3.8, 4) is 0 Å². The van der Waals surface area contributed by atoms with E-state index in [-0.39, 0.29) is 18.1 Å². The van der Waals surface area contributed by atoms with Gasteiger partial charge in [0.2, 0.25) is 5.91 Å². The van der Waals surface area contributed by atoms with Crippen LogP contribution >= 0.6 is 11.6 Å². The molecule has 1 aliphatic carbocycles. The van der Waals surface area contributed by atoms with Crippen LogP contribution in [0.1, 0.15) is 44.9 Å². The fourth-order valence-electron chi connectivity index (χ4n) is 2.83. The average Bonchev–Trinajstić information content (AvgIpc) is 2.68. The molecular formula is C15H19ClN2O3. The zero-order chi connectivity index (χ0) is 15.3. The summed E-state index contributed by atoms with van der Waals surface area (Å²) in [7, 11) is 0. The van der Waals surface area contributed by atoms with E-state index in [0.717, 1.165) is 25.7 Å². The van der Waals surface area contributed by atoms with Crippen molar-refractivity contribution in [2.45, 2.75) is 44.9 Å². The minimum Gasteiger partial charge on any atom is -0.481 e. The standard InChI is InChI=1S/C15H19ClN2O3/c16-11-6-5-9-17-13(11)18-12(19)10-15(14(20)21)7-3-1-2-4-8-15/h5-6,9H,1-4,7-8,10H2,(H,20,21)(H,17,18,19). The molecule has 0 saturated heterocycles. The third-order valence-electron chi connectivity index (χ3n) is 4.03. The topological polar surface area (TPSA) is 79.3 Å². The van der Waals surface area contributed by atoms with E-state index in [2.05, 4.69) is 10.3 Å². The Bertz CT molecular complexity index is 525. The molecule has 5 nitrogen and oxygen atoms in total. The van der Waals surface area contributed by atoms with Crippen LogP contribution in [0.25, 0.3) is 0 Å². The zero-order valence-electron chi connectivity index (χ0n) is 11.8. The van der Waals surface area contributed by atoms with Gasteiger partial charge < -0.3 is 10.4 Å². The number of pyridine rings is 1. The molecule has 0 unspecified atom stereocenters. The summed E-state index contributed by atoms with van der Waals surface area (Å²) in [5.41, 5.74) is -0.957. The van der Waals surface area contributed by atoms with E-state index in [4.69, 9.17) is 11.6 Å². The van der Waals surface area contributed by atoms with Gasteiger partial charge in [0.15, 0.2) is 5.82 Å². The number of hydrogen-bond acceptors (Lipinski definition) is 3. The van der Waals surface area contributed by atoms with Crippen LogP contribution in [0, 0.1) is 5.41 Å². The van der Waals surface area contributed by atoms with E-state index < -0.39 is 11.4 Å². The second-order valence-corrected chi connectivity index (χ2v) is 5.97. The first-order chi connectivity index (χ1) is 10.0. The number of nitrogens with one attached hydrogen (secondary N) is 1. The van der Waals surface area contributed by atoms with E-state index in [1.807, 2.05) is 0 Å². The summed E-state index contributed by atoms with van der Waals surface area (Å²) < 4.78 is 0. The fraction of sp³-hybridized carbons (Fsp3) is 0.533. The molecule has 0 atom stereocenters. The van der Waals surface area contributed by atoms with Crippen LogP contribution in [0.2, 0.25) is 5.02 Å². The molecular weight excluding hydrogens is 292 g/mol. The minimum absolute atomic E-state index is 0.0325. The SMILES string of the molecule is O=C(CC1(C(=O)O)CCCCCC1)Nc1ncccc1Cl. The molecule has 114 valence electrons. The Balaban J connectivity index is 2.08. The largest absolute Gasteiger partial charge is 0.481 e. The van der Waals surface area contributed by atoms with Gasteiger partial charge in [-0.25, -0.2) is 4.98 Å². The van der Waals surface area contributed by atoms with Crippen LogP contribution in [0.4, 0.5) is 5.82 Å². The second kappa shape index (κ2) is 6.89. The Kier molecular flexibility index (Phi) is 5.17. The van der Waals surface area contributed by atoms with Crippen LogP contribution in [0.3, 0.4) is 0 Å². The maximum atomic E-state index is 12.2. The third kappa shape index (κ3) is 3.94. The average molecular weight is 311 g/mol. The molecule has 1 fully saturated rings. The molecule has 1 aromatic rings. The lowest BCUT2D eigenvalue weighted by Crippen LogP contribution is -2.35. The number of halogens is 1. The van der Waals surface area contributed by atoms with E-state index >= 15 is 0 Å². The number of aliphatic carboxylic acids is 1. The number of amides is 1. The molecule has 0 aromatic carbocycles. The first-order valence-electron chi connectivity index (χ1n) is 7.17. The van der Waals surface area contributed by atoms with Gasteiger partial charge in [-0.15, -0.1) is 0 Å². The number of anilines is 1. The first-order valence-corrected chi connectivity index (χ1v) is 7.55. The van der Waals surface area contributed by atoms with Gasteiger partial charge in [0.05, 0.1) is 10.4 Å². The van der Waals surface area contributed by atoms with Gasteiger partial charge in [0.25, 0.3) is 0 Å². The predicted molar refractivity (Wildman–Crippen MR) is 80.3 cm³/mol. The summed E-state index contributed by atoms with van der Waals surface area (Å²) in [4.78, 5) is 27.8. The summed E-state index contributed by atoms with van der Waals surface area (Å²) in [5, 5.41) is 12.5. The molecule has 0 bridgehead atoms. The van der Waals surface area contributed by atoms with Gasteiger partial charge in [-0.3, -0.25) is 9.59 Å². The van der Waals surface area contributed by atoms with Crippen molar-refractivity contribution in [2.75, 3.05) is 5.32 Å². The molecule has 21 heavy (non-hydrogen) atoms. The highest BCUT2D eigenvalue weighted by atomic mass is 35.5. The van der Waals surface area contributed by atoms with Crippen molar-refractivity contribution in [3.63, 3.8) is 0 Å². The lowest BCUT2D eigenvalue weighted by atomic mass is 9.77. The quantitative estimate of drug-likeness (QED) is 0.834. The Morgan fingerprint density at radius 2 is 1.95 bits per heavy atom. The van der Waals surface area contributed by atoms with Crippen molar-refractivity contribution in [1.29, 1.82) is 0 Å². The van der Waals surface area contributed by atoms with E-state index in [1.165, 1.54) is 6.20 Å². The molecule has 0 radical (unpaired) electrons. The smallest absolute Gasteiger partial charge is 0.310 e. The Hall–Kier alpha value is -1.62. The Morgan fingerprint density at radius 3 is 2.52 bits per heavy atom. The summed E-state index contributed by atoms with van der Waals surface area (Å²) in [5.74, 6) is -0.954. The molecule has 1 aromatic heterocycles. The highest BCUT2D eigenvalue weighted by Crippen LogP contribution is 2.38. The summed E-state index contributed by atoms with van der Waals surface area (Å²) >= 11 is 5.94. The first kappa shape index (κ1) is 15.8. The molecule has 6 heteroatoms. The maximum Gasteiger partial charge on any atom is 0.310 e. The highest BCUT2D eigenvalue weighted by molar-refractivity contribution is 6.33. The maximum absolute atomic E-state index is 12.2. The number of hydrogen-bond donors (Lipinski definition) is 2. The Labute approximate surface area is 128 Å². The van der Waals surface area contributed by atoms with Crippen LogP contribution in [-0.2, 0) is 9.59 Å². The van der Waals surface area contributed by atoms with Crippen LogP contribution < -0.4 is 5.32 Å². The molecule has 0 spiro atoms. The van der Waals surface area contributed by atoms with E-state index in [0.29, 0.717) is 17.9 Å². The number of carbonyl (C=O) groups is 2. The third-order valence-corrected chi connectivity index (χ3v) is 4.33. The number of carboxylic acid groups (broad SMARTS) is 1. The summed E-state index contributed by atoms with van der Waals surface area (Å²) in [6.07, 6.45) is 6.35. The lowest BCUT2D eigenvalue weighted by molar-refractivity contribution is -0.152. The van der Waals surface area contributed by atoms with Gasteiger partial charge in [-0.1, -0.05) is 37.3 Å². The lowest BCUT2D eigenvalue weighted by Gasteiger charge is -2.27. The molecule has 2 N–H and O–H groups in total. The van der Waals surface area contributed by atoms with Crippen molar-refractivity contribution in [3.05, 3.63) is 23.4 Å². The molecule has 1 heterocycles. The van der Waals surface area contributed by atoms with Crippen molar-refractivity contribution in [1.82, 2.24) is 4.98 Å². The Morgan fingerprint density at radius 1 is 1.29 bits per heavy atom. The number of aromatic nitrogens is 1. The minimum atomic E-state index is -0.957. The number of nitrogens with zero attached hydrogens (tertiary/aromatic N) is 1. The fourth-order valence-corrected chi connectivity index (χ4v) is 3.00. The number of carbonyl (C=O) groups excluding carboxylic acids is 1. The molecule has 0 aliphatic heterocycles. The van der Waals surface area contributed by atoms with Gasteiger partial charge in [-0.2, -0.15) is 0 Å². The van der Waals surface area contributed by atoms with Crippen LogP contribution in [0.5, 0.6) is 0 Å². The number of carboxylic acids is 1. The van der Waals surface area contributed by atoms with Gasteiger partial charge in [0, 0.05) is 12.6 Å². The summed E-state index contributed by atoms with van der Waals surface area (Å²) in [6, 6.07) is 3.30. The van der Waals surface area contributed by atoms with Gasteiger partial charge in [-0.05, 0) is 25.0 Å². The van der Waals surface area contributed by atoms with Crippen molar-refractivity contribution in [2.24, 2.45) is 5.41 Å². The normalized spacial score (nSPS) is 17.8. The van der Waals surface area contributed by atoms with Crippen molar-refractivity contribution >= 4 is 29.3 Å². The van der Waals surface area contributed by atoms with Gasteiger partial charge in [0.1, 0.15) is 0 Å². The zero-order valence-corrected chi connectivity index (χ0v) is 12.5.